The predicted molar refractivity (Wildman–Crippen MR) is 44.6 cm³/mol. The van der Waals surface area contributed by atoms with E-state index in [0.717, 1.165) is 25.7 Å². The van der Waals surface area contributed by atoms with Gasteiger partial charge < -0.3 is 9.47 Å². The van der Waals surface area contributed by atoms with Crippen LogP contribution in [0.2, 0.25) is 0 Å². The van der Waals surface area contributed by atoms with Gasteiger partial charge in [0.1, 0.15) is 0 Å². The lowest BCUT2D eigenvalue weighted by atomic mass is 10.1. The molecule has 1 aliphatic rings. The summed E-state index contributed by atoms with van der Waals surface area (Å²) in [7, 11) is 0. The minimum Gasteiger partial charge on any atom is -0.436 e. The Kier molecular flexibility index (Phi) is 4.08. The van der Waals surface area contributed by atoms with Crippen molar-refractivity contribution in [3.63, 3.8) is 0 Å². The Morgan fingerprint density at radius 2 is 2.33 bits per heavy atom. The van der Waals surface area contributed by atoms with E-state index in [4.69, 9.17) is 9.47 Å². The Bertz CT molecular complexity index is 145. The third-order valence-electron chi connectivity index (χ3n) is 1.94. The third-order valence-corrected chi connectivity index (χ3v) is 1.94. The van der Waals surface area contributed by atoms with Gasteiger partial charge in [-0.05, 0) is 19.8 Å². The van der Waals surface area contributed by atoms with E-state index in [2.05, 4.69) is 0 Å². The molecule has 0 amide bonds. The van der Waals surface area contributed by atoms with Gasteiger partial charge in [-0.15, -0.1) is 0 Å². The highest BCUT2D eigenvalue weighted by molar-refractivity contribution is 5.69. The summed E-state index contributed by atoms with van der Waals surface area (Å²) < 4.78 is 10.3. The number of hydrogen-bond donors (Lipinski definition) is 0. The number of cyclic esters (lactones) is 1. The molecule has 1 aliphatic heterocycles. The molecule has 1 saturated heterocycles. The van der Waals surface area contributed by atoms with Gasteiger partial charge in [0.05, 0.1) is 0 Å². The van der Waals surface area contributed by atoms with E-state index in [9.17, 15) is 4.79 Å². The zero-order chi connectivity index (χ0) is 8.81. The second kappa shape index (κ2) is 5.14. The monoisotopic (exact) mass is 172 g/mol. The number of rotatable bonds is 2. The maximum atomic E-state index is 11.0. The highest BCUT2D eigenvalue weighted by Gasteiger charge is 2.16. The summed E-state index contributed by atoms with van der Waals surface area (Å²) in [5.41, 5.74) is 0. The zero-order valence-electron chi connectivity index (χ0n) is 7.54. The largest absolute Gasteiger partial charge is 0.436 e. The lowest BCUT2D eigenvalue weighted by molar-refractivity contribution is -0.181. The van der Waals surface area contributed by atoms with E-state index in [1.54, 1.807) is 0 Å². The van der Waals surface area contributed by atoms with Gasteiger partial charge in [0, 0.05) is 19.4 Å². The summed E-state index contributed by atoms with van der Waals surface area (Å²) in [5.74, 6) is -0.117. The van der Waals surface area contributed by atoms with Crippen molar-refractivity contribution in [2.24, 2.45) is 0 Å². The van der Waals surface area contributed by atoms with Crippen LogP contribution < -0.4 is 0 Å². The molecule has 1 heterocycles. The topological polar surface area (TPSA) is 35.5 Å². The minimum absolute atomic E-state index is 0.117. The number of carbonyl (C=O) groups excluding carboxylic acids is 1. The van der Waals surface area contributed by atoms with Crippen LogP contribution in [0.25, 0.3) is 0 Å². The Balaban J connectivity index is 2.33. The Morgan fingerprint density at radius 3 is 3.08 bits per heavy atom. The lowest BCUT2D eigenvalue weighted by Crippen LogP contribution is -2.22. The second-order valence-electron chi connectivity index (χ2n) is 2.97. The standard InChI is InChI=1S/C9H16O3/c1-2-11-9-7-5-3-4-6-8(10)12-9/h9H,2-7H2,1H3. The van der Waals surface area contributed by atoms with Gasteiger partial charge in [0.15, 0.2) is 0 Å². The van der Waals surface area contributed by atoms with E-state index in [1.165, 1.54) is 0 Å². The summed E-state index contributed by atoms with van der Waals surface area (Å²) in [6.45, 7) is 2.52. The molecule has 3 nitrogen and oxygen atoms in total. The number of carbonyl (C=O) groups is 1. The average Bonchev–Trinajstić information content (AvgIpc) is 2.00. The van der Waals surface area contributed by atoms with Gasteiger partial charge in [-0.1, -0.05) is 6.42 Å². The molecular formula is C9H16O3. The van der Waals surface area contributed by atoms with Gasteiger partial charge in [0.2, 0.25) is 6.29 Å². The van der Waals surface area contributed by atoms with Crippen LogP contribution in [0, 0.1) is 0 Å². The number of hydrogen-bond acceptors (Lipinski definition) is 3. The van der Waals surface area contributed by atoms with E-state index < -0.39 is 0 Å². The molecule has 0 saturated carbocycles. The molecule has 70 valence electrons. The molecule has 1 unspecified atom stereocenters. The fourth-order valence-electron chi connectivity index (χ4n) is 1.32. The maximum absolute atomic E-state index is 11.0. The first-order valence-corrected chi connectivity index (χ1v) is 4.64. The van der Waals surface area contributed by atoms with Gasteiger partial charge in [-0.3, -0.25) is 4.79 Å². The van der Waals surface area contributed by atoms with Gasteiger partial charge in [0.25, 0.3) is 0 Å². The van der Waals surface area contributed by atoms with E-state index in [-0.39, 0.29) is 12.3 Å². The molecule has 0 aliphatic carbocycles. The molecule has 12 heavy (non-hydrogen) atoms. The molecule has 3 heteroatoms. The van der Waals surface area contributed by atoms with Crippen LogP contribution >= 0.6 is 0 Å². The van der Waals surface area contributed by atoms with Crippen LogP contribution in [-0.4, -0.2) is 18.9 Å². The highest BCUT2D eigenvalue weighted by Crippen LogP contribution is 2.14. The van der Waals surface area contributed by atoms with Crippen molar-refractivity contribution in [3.05, 3.63) is 0 Å². The van der Waals surface area contributed by atoms with E-state index >= 15 is 0 Å². The maximum Gasteiger partial charge on any atom is 0.308 e. The van der Waals surface area contributed by atoms with Crippen molar-refractivity contribution in [1.29, 1.82) is 0 Å². The average molecular weight is 172 g/mol. The summed E-state index contributed by atoms with van der Waals surface area (Å²) in [4.78, 5) is 11.0. The first kappa shape index (κ1) is 9.52. The third kappa shape index (κ3) is 3.22. The normalized spacial score (nSPS) is 25.8. The number of esters is 1. The van der Waals surface area contributed by atoms with Crippen LogP contribution in [0.4, 0.5) is 0 Å². The molecule has 0 aromatic heterocycles. The zero-order valence-corrected chi connectivity index (χ0v) is 7.54. The fourth-order valence-corrected chi connectivity index (χ4v) is 1.32. The summed E-state index contributed by atoms with van der Waals surface area (Å²) in [6, 6.07) is 0. The van der Waals surface area contributed by atoms with Crippen LogP contribution in [0.5, 0.6) is 0 Å². The molecule has 0 radical (unpaired) electrons. The van der Waals surface area contributed by atoms with Gasteiger partial charge in [-0.2, -0.15) is 0 Å². The SMILES string of the molecule is CCOC1CCCCCC(=O)O1. The Morgan fingerprint density at radius 1 is 1.50 bits per heavy atom. The predicted octanol–water partition coefficient (Wildman–Crippen LogP) is 1.86. The minimum atomic E-state index is -0.289. The van der Waals surface area contributed by atoms with Crippen LogP contribution in [0.15, 0.2) is 0 Å². The fraction of sp³-hybridized carbons (Fsp3) is 0.889. The van der Waals surface area contributed by atoms with Crippen molar-refractivity contribution in [3.8, 4) is 0 Å². The highest BCUT2D eigenvalue weighted by atomic mass is 16.7. The van der Waals surface area contributed by atoms with Crippen molar-refractivity contribution in [1.82, 2.24) is 0 Å². The van der Waals surface area contributed by atoms with Crippen LogP contribution in [0.1, 0.15) is 39.0 Å². The molecule has 1 fully saturated rings. The molecule has 0 N–H and O–H groups in total. The van der Waals surface area contributed by atoms with Crippen LogP contribution in [-0.2, 0) is 14.3 Å². The first-order valence-electron chi connectivity index (χ1n) is 4.64. The van der Waals surface area contributed by atoms with Crippen molar-refractivity contribution in [2.45, 2.75) is 45.3 Å². The van der Waals surface area contributed by atoms with Gasteiger partial charge >= 0.3 is 5.97 Å². The van der Waals surface area contributed by atoms with Crippen molar-refractivity contribution >= 4 is 5.97 Å². The molecular weight excluding hydrogens is 156 g/mol. The summed E-state index contributed by atoms with van der Waals surface area (Å²) >= 11 is 0. The van der Waals surface area contributed by atoms with Crippen molar-refractivity contribution in [2.75, 3.05) is 6.61 Å². The smallest absolute Gasteiger partial charge is 0.308 e. The Hall–Kier alpha value is -0.570. The number of ether oxygens (including phenoxy) is 2. The Labute approximate surface area is 73.0 Å². The van der Waals surface area contributed by atoms with Crippen molar-refractivity contribution < 1.29 is 14.3 Å². The molecule has 0 spiro atoms. The lowest BCUT2D eigenvalue weighted by Gasteiger charge is -2.19. The molecule has 1 rings (SSSR count). The molecule has 1 atom stereocenters. The molecule has 0 aromatic carbocycles. The molecule has 0 aromatic rings. The summed E-state index contributed by atoms with van der Waals surface area (Å²) in [5, 5.41) is 0. The molecule has 0 bridgehead atoms. The van der Waals surface area contributed by atoms with E-state index in [0.29, 0.717) is 13.0 Å². The summed E-state index contributed by atoms with van der Waals surface area (Å²) in [6.07, 6.45) is 4.26. The second-order valence-corrected chi connectivity index (χ2v) is 2.97. The quantitative estimate of drug-likeness (QED) is 0.596. The van der Waals surface area contributed by atoms with E-state index in [1.807, 2.05) is 6.92 Å². The van der Waals surface area contributed by atoms with Crippen LogP contribution in [0.3, 0.4) is 0 Å². The first-order chi connectivity index (χ1) is 5.83. The van der Waals surface area contributed by atoms with Gasteiger partial charge in [-0.25, -0.2) is 0 Å².